The second kappa shape index (κ2) is 6.53. The fourth-order valence-corrected chi connectivity index (χ4v) is 2.71. The fraction of sp³-hybridized carbons (Fsp3) is 0.571. The van der Waals surface area contributed by atoms with E-state index in [4.69, 9.17) is 0 Å². The van der Waals surface area contributed by atoms with Gasteiger partial charge >= 0.3 is 0 Å². The van der Waals surface area contributed by atoms with Crippen LogP contribution in [0, 0.1) is 5.82 Å². The van der Waals surface area contributed by atoms with Crippen LogP contribution in [-0.4, -0.2) is 38.1 Å². The molecule has 0 amide bonds. The molecule has 0 radical (unpaired) electrons. The third kappa shape index (κ3) is 3.45. The van der Waals surface area contributed by atoms with Crippen molar-refractivity contribution in [2.24, 2.45) is 0 Å². The maximum absolute atomic E-state index is 13.9. The fourth-order valence-electron chi connectivity index (χ4n) is 2.36. The first-order chi connectivity index (χ1) is 8.70. The molecule has 4 heteroatoms. The highest BCUT2D eigenvalue weighted by Crippen LogP contribution is 2.20. The number of nitrogens with zero attached hydrogens (tertiary/aromatic N) is 2. The zero-order valence-electron chi connectivity index (χ0n) is 10.8. The predicted molar refractivity (Wildman–Crippen MR) is 78.0 cm³/mol. The average Bonchev–Trinajstić information content (AvgIpc) is 2.88. The molecule has 1 aromatic carbocycles. The van der Waals surface area contributed by atoms with Crippen LogP contribution in [0.3, 0.4) is 0 Å². The molecule has 18 heavy (non-hydrogen) atoms. The first-order valence-electron chi connectivity index (χ1n) is 6.48. The van der Waals surface area contributed by atoms with E-state index in [1.54, 1.807) is 6.07 Å². The summed E-state index contributed by atoms with van der Waals surface area (Å²) >= 11 is 3.34. The molecule has 1 aromatic rings. The summed E-state index contributed by atoms with van der Waals surface area (Å²) in [4.78, 5) is 4.45. The van der Waals surface area contributed by atoms with Gasteiger partial charge in [0, 0.05) is 25.5 Å². The molecule has 0 N–H and O–H groups in total. The minimum absolute atomic E-state index is 0.129. The van der Waals surface area contributed by atoms with E-state index >= 15 is 0 Å². The largest absolute Gasteiger partial charge is 0.371 e. The number of hydrogen-bond acceptors (Lipinski definition) is 2. The van der Waals surface area contributed by atoms with Crippen LogP contribution in [0.2, 0.25) is 0 Å². The highest BCUT2D eigenvalue weighted by molar-refractivity contribution is 9.08. The van der Waals surface area contributed by atoms with Gasteiger partial charge in [-0.25, -0.2) is 4.39 Å². The second-order valence-corrected chi connectivity index (χ2v) is 5.45. The number of hydrogen-bond donors (Lipinski definition) is 0. The summed E-state index contributed by atoms with van der Waals surface area (Å²) < 4.78 is 13.9. The smallest absolute Gasteiger partial charge is 0.146 e. The number of alkyl halides is 1. The second-order valence-electron chi connectivity index (χ2n) is 4.89. The van der Waals surface area contributed by atoms with Crippen LogP contribution in [0.15, 0.2) is 18.2 Å². The van der Waals surface area contributed by atoms with Gasteiger partial charge < -0.3 is 9.80 Å². The minimum Gasteiger partial charge on any atom is -0.371 e. The third-order valence-corrected chi connectivity index (χ3v) is 4.18. The van der Waals surface area contributed by atoms with Crippen LogP contribution < -0.4 is 4.90 Å². The summed E-state index contributed by atoms with van der Waals surface area (Å²) in [7, 11) is 1.96. The molecule has 1 saturated heterocycles. The zero-order chi connectivity index (χ0) is 13.0. The first-order valence-corrected chi connectivity index (χ1v) is 7.61. The Bertz CT molecular complexity index is 391. The van der Waals surface area contributed by atoms with E-state index in [1.807, 2.05) is 24.1 Å². The van der Waals surface area contributed by atoms with Crippen molar-refractivity contribution < 1.29 is 4.39 Å². The minimum atomic E-state index is -0.129. The summed E-state index contributed by atoms with van der Waals surface area (Å²) in [6.07, 6.45) is 2.61. The lowest BCUT2D eigenvalue weighted by Crippen LogP contribution is -2.31. The number of likely N-dealkylation sites (N-methyl/N-ethyl adjacent to an activating group) is 1. The summed E-state index contributed by atoms with van der Waals surface area (Å²) in [5.74, 6) is -0.129. The molecule has 0 aliphatic carbocycles. The SMILES string of the molecule is CN(CCN1CCCC1)c1ccc(CBr)cc1F. The van der Waals surface area contributed by atoms with E-state index in [0.717, 1.165) is 18.7 Å². The summed E-state index contributed by atoms with van der Waals surface area (Å²) in [5.41, 5.74) is 1.67. The molecule has 0 atom stereocenters. The van der Waals surface area contributed by atoms with Gasteiger partial charge in [0.05, 0.1) is 5.69 Å². The van der Waals surface area contributed by atoms with Crippen LogP contribution in [0.5, 0.6) is 0 Å². The number of benzene rings is 1. The van der Waals surface area contributed by atoms with Gasteiger partial charge in [0.15, 0.2) is 0 Å². The molecule has 1 aliphatic rings. The van der Waals surface area contributed by atoms with E-state index in [9.17, 15) is 4.39 Å². The lowest BCUT2D eigenvalue weighted by Gasteiger charge is -2.23. The maximum atomic E-state index is 13.9. The summed E-state index contributed by atoms with van der Waals surface area (Å²) in [6.45, 7) is 4.29. The van der Waals surface area contributed by atoms with Crippen molar-refractivity contribution in [1.82, 2.24) is 4.90 Å². The molecule has 0 bridgehead atoms. The van der Waals surface area contributed by atoms with Crippen LogP contribution in [0.25, 0.3) is 0 Å². The Labute approximate surface area is 117 Å². The van der Waals surface area contributed by atoms with Crippen LogP contribution in [0.4, 0.5) is 10.1 Å². The number of rotatable bonds is 5. The Morgan fingerprint density at radius 2 is 2.06 bits per heavy atom. The maximum Gasteiger partial charge on any atom is 0.146 e. The summed E-state index contributed by atoms with van der Waals surface area (Å²) in [6, 6.07) is 5.45. The van der Waals surface area contributed by atoms with Gasteiger partial charge in [-0.1, -0.05) is 22.0 Å². The van der Waals surface area contributed by atoms with Crippen LogP contribution in [-0.2, 0) is 5.33 Å². The van der Waals surface area contributed by atoms with E-state index in [2.05, 4.69) is 20.8 Å². The van der Waals surface area contributed by atoms with Crippen molar-refractivity contribution in [3.63, 3.8) is 0 Å². The number of likely N-dealkylation sites (tertiary alicyclic amines) is 1. The molecule has 1 fully saturated rings. The molecule has 2 nitrogen and oxygen atoms in total. The Morgan fingerprint density at radius 3 is 2.67 bits per heavy atom. The molecule has 0 spiro atoms. The van der Waals surface area contributed by atoms with Crippen molar-refractivity contribution in [3.05, 3.63) is 29.6 Å². The molecule has 1 heterocycles. The zero-order valence-corrected chi connectivity index (χ0v) is 12.4. The average molecular weight is 315 g/mol. The molecule has 2 rings (SSSR count). The van der Waals surface area contributed by atoms with Crippen LogP contribution in [0.1, 0.15) is 18.4 Å². The Kier molecular flexibility index (Phi) is 5.01. The van der Waals surface area contributed by atoms with Gasteiger partial charge in [-0.3, -0.25) is 0 Å². The lowest BCUT2D eigenvalue weighted by molar-refractivity contribution is 0.346. The molecule has 0 unspecified atom stereocenters. The van der Waals surface area contributed by atoms with Gasteiger partial charge in [0.2, 0.25) is 0 Å². The normalized spacial score (nSPS) is 16.2. The van der Waals surface area contributed by atoms with Gasteiger partial charge in [-0.2, -0.15) is 0 Å². The van der Waals surface area contributed by atoms with Crippen molar-refractivity contribution in [2.75, 3.05) is 38.1 Å². The number of halogens is 2. The molecule has 0 saturated carbocycles. The standard InChI is InChI=1S/C14H20BrFN2/c1-17(8-9-18-6-2-3-7-18)14-5-4-12(11-15)10-13(14)16/h4-5,10H,2-3,6-9,11H2,1H3. The van der Waals surface area contributed by atoms with Crippen molar-refractivity contribution >= 4 is 21.6 Å². The van der Waals surface area contributed by atoms with Crippen LogP contribution >= 0.6 is 15.9 Å². The number of anilines is 1. The van der Waals surface area contributed by atoms with Crippen molar-refractivity contribution in [3.8, 4) is 0 Å². The third-order valence-electron chi connectivity index (χ3n) is 3.53. The Hall–Kier alpha value is -0.610. The molecule has 100 valence electrons. The Morgan fingerprint density at radius 1 is 1.33 bits per heavy atom. The van der Waals surface area contributed by atoms with Gasteiger partial charge in [0.1, 0.15) is 5.82 Å². The predicted octanol–water partition coefficient (Wildman–Crippen LogP) is 3.25. The van der Waals surface area contributed by atoms with E-state index in [-0.39, 0.29) is 5.82 Å². The lowest BCUT2D eigenvalue weighted by atomic mass is 10.2. The highest BCUT2D eigenvalue weighted by atomic mass is 79.9. The highest BCUT2D eigenvalue weighted by Gasteiger charge is 2.13. The van der Waals surface area contributed by atoms with E-state index in [0.29, 0.717) is 11.0 Å². The van der Waals surface area contributed by atoms with Crippen molar-refractivity contribution in [1.29, 1.82) is 0 Å². The van der Waals surface area contributed by atoms with Gasteiger partial charge in [-0.05, 0) is 43.6 Å². The quantitative estimate of drug-likeness (QED) is 0.770. The first kappa shape index (κ1) is 13.8. The monoisotopic (exact) mass is 314 g/mol. The molecular weight excluding hydrogens is 295 g/mol. The van der Waals surface area contributed by atoms with E-state index < -0.39 is 0 Å². The summed E-state index contributed by atoms with van der Waals surface area (Å²) in [5, 5.41) is 0.696. The van der Waals surface area contributed by atoms with Crippen molar-refractivity contribution in [2.45, 2.75) is 18.2 Å². The molecule has 1 aliphatic heterocycles. The topological polar surface area (TPSA) is 6.48 Å². The Balaban J connectivity index is 1.93. The van der Waals surface area contributed by atoms with Gasteiger partial charge in [-0.15, -0.1) is 0 Å². The molecule has 0 aromatic heterocycles. The molecular formula is C14H20BrFN2. The van der Waals surface area contributed by atoms with Gasteiger partial charge in [0.25, 0.3) is 0 Å². The van der Waals surface area contributed by atoms with E-state index in [1.165, 1.54) is 25.9 Å².